The molecule has 0 saturated heterocycles. The number of amides is 1. The summed E-state index contributed by atoms with van der Waals surface area (Å²) in [6, 6.07) is 9.68. The first kappa shape index (κ1) is 22.3. The van der Waals surface area contributed by atoms with E-state index in [0.29, 0.717) is 27.6 Å². The molecule has 2 aromatic carbocycles. The predicted molar refractivity (Wildman–Crippen MR) is 115 cm³/mol. The van der Waals surface area contributed by atoms with Crippen molar-refractivity contribution in [2.24, 2.45) is 0 Å². The van der Waals surface area contributed by atoms with Gasteiger partial charge < -0.3 is 5.32 Å². The predicted octanol–water partition coefficient (Wildman–Crippen LogP) is 6.57. The van der Waals surface area contributed by atoms with Crippen molar-refractivity contribution in [2.75, 3.05) is 5.32 Å². The third kappa shape index (κ3) is 4.62. The molecule has 0 fully saturated rings. The van der Waals surface area contributed by atoms with Gasteiger partial charge in [0.2, 0.25) is 15.9 Å². The molecule has 1 N–H and O–H groups in total. The van der Waals surface area contributed by atoms with Crippen LogP contribution in [-0.4, -0.2) is 20.5 Å². The summed E-state index contributed by atoms with van der Waals surface area (Å²) in [7, 11) is 0. The maximum Gasteiger partial charge on any atom is 0.445 e. The van der Waals surface area contributed by atoms with Gasteiger partial charge in [-0.2, -0.15) is 13.2 Å². The monoisotopic (exact) mass is 500 g/mol. The van der Waals surface area contributed by atoms with Crippen molar-refractivity contribution in [2.45, 2.75) is 6.18 Å². The first-order valence-electron chi connectivity index (χ1n) is 8.78. The maximum atomic E-state index is 13.1. The number of anilines is 1. The molecule has 4 aromatic rings. The summed E-state index contributed by atoms with van der Waals surface area (Å²) in [4.78, 5) is 16.5. The van der Waals surface area contributed by atoms with Crippen LogP contribution in [0.1, 0.15) is 10.7 Å². The quantitative estimate of drug-likeness (QED) is 0.254. The topological polar surface area (TPSA) is 59.3 Å². The molecule has 0 aliphatic carbocycles. The summed E-state index contributed by atoms with van der Waals surface area (Å²) in [5.41, 5.74) is 1.09. The van der Waals surface area contributed by atoms with Crippen LogP contribution < -0.4 is 5.32 Å². The van der Waals surface area contributed by atoms with Crippen LogP contribution in [0.15, 0.2) is 48.5 Å². The van der Waals surface area contributed by atoms with E-state index in [1.807, 2.05) is 0 Å². The van der Waals surface area contributed by atoms with Gasteiger partial charge in [-0.05, 0) is 48.5 Å². The Morgan fingerprint density at radius 1 is 1.12 bits per heavy atom. The molecule has 0 spiro atoms. The van der Waals surface area contributed by atoms with E-state index in [1.165, 1.54) is 36.4 Å². The normalized spacial score (nSPS) is 12.1. The van der Waals surface area contributed by atoms with Gasteiger partial charge in [-0.15, -0.1) is 5.10 Å². The highest BCUT2D eigenvalue weighted by atomic mass is 35.5. The first-order chi connectivity index (χ1) is 15.1. The second kappa shape index (κ2) is 8.53. The van der Waals surface area contributed by atoms with Crippen LogP contribution in [0.25, 0.3) is 22.3 Å². The molecule has 0 unspecified atom stereocenters. The average Bonchev–Trinajstić information content (AvgIpc) is 3.27. The molecule has 0 aliphatic heterocycles. The van der Waals surface area contributed by atoms with Gasteiger partial charge in [0.05, 0.1) is 10.7 Å². The van der Waals surface area contributed by atoms with E-state index in [1.54, 1.807) is 12.1 Å². The molecular formula is C20H10Cl2F4N4OS. The van der Waals surface area contributed by atoms with E-state index in [9.17, 15) is 22.4 Å². The number of nitrogens with zero attached hydrogens (tertiary/aromatic N) is 3. The number of hydrogen-bond donors (Lipinski definition) is 1. The van der Waals surface area contributed by atoms with Crippen LogP contribution >= 0.6 is 34.5 Å². The molecule has 4 rings (SSSR count). The summed E-state index contributed by atoms with van der Waals surface area (Å²) in [6.45, 7) is 0. The van der Waals surface area contributed by atoms with Gasteiger partial charge in [0.1, 0.15) is 11.5 Å². The van der Waals surface area contributed by atoms with Crippen LogP contribution in [-0.2, 0) is 11.0 Å². The Balaban J connectivity index is 1.75. The number of alkyl halides is 3. The number of nitrogens with one attached hydrogen (secondary N) is 1. The Labute approximate surface area is 191 Å². The minimum atomic E-state index is -4.65. The number of aromatic nitrogens is 3. The van der Waals surface area contributed by atoms with Crippen LogP contribution in [0, 0.1) is 5.82 Å². The summed E-state index contributed by atoms with van der Waals surface area (Å²) >= 11 is 12.5. The van der Waals surface area contributed by atoms with E-state index in [2.05, 4.69) is 15.4 Å². The van der Waals surface area contributed by atoms with Gasteiger partial charge in [-0.25, -0.2) is 13.9 Å². The molecule has 0 radical (unpaired) electrons. The minimum absolute atomic E-state index is 0.0306. The molecule has 0 saturated carbocycles. The average molecular weight is 501 g/mol. The highest BCUT2D eigenvalue weighted by Gasteiger charge is 2.36. The lowest BCUT2D eigenvalue weighted by Gasteiger charge is -2.05. The standard InChI is InChI=1S/C20H10Cl2F4N4OS/c21-10-1-6-13(14(22)9-10)17-15(30-19(28-17)32-18(29-30)20(24,25)26)7-8-16(31)27-12-4-2-11(23)3-5-12/h1-9H,(H,27,31)/b8-7+. The Morgan fingerprint density at radius 3 is 2.50 bits per heavy atom. The molecule has 12 heteroatoms. The number of imidazole rings is 1. The Hall–Kier alpha value is -2.95. The zero-order chi connectivity index (χ0) is 23.0. The van der Waals surface area contributed by atoms with Gasteiger partial charge in [0, 0.05) is 22.3 Å². The van der Waals surface area contributed by atoms with E-state index in [0.717, 1.165) is 10.6 Å². The summed E-state index contributed by atoms with van der Waals surface area (Å²) in [6.07, 6.45) is -2.27. The Morgan fingerprint density at radius 2 is 1.84 bits per heavy atom. The van der Waals surface area contributed by atoms with Crippen molar-refractivity contribution in [3.63, 3.8) is 0 Å². The van der Waals surface area contributed by atoms with Gasteiger partial charge in [-0.1, -0.05) is 34.5 Å². The number of carbonyl (C=O) groups is 1. The number of rotatable bonds is 4. The number of carbonyl (C=O) groups excluding carboxylic acids is 1. The fourth-order valence-corrected chi connectivity index (χ4v) is 4.05. The summed E-state index contributed by atoms with van der Waals surface area (Å²) in [5.74, 6) is -1.06. The van der Waals surface area contributed by atoms with Gasteiger partial charge in [0.25, 0.3) is 0 Å². The third-order valence-electron chi connectivity index (χ3n) is 4.17. The van der Waals surface area contributed by atoms with Crippen molar-refractivity contribution < 1.29 is 22.4 Å². The van der Waals surface area contributed by atoms with E-state index < -0.39 is 22.9 Å². The second-order valence-electron chi connectivity index (χ2n) is 6.40. The molecule has 164 valence electrons. The highest BCUT2D eigenvalue weighted by molar-refractivity contribution is 7.16. The molecule has 0 aliphatic rings. The second-order valence-corrected chi connectivity index (χ2v) is 8.20. The lowest BCUT2D eigenvalue weighted by Crippen LogP contribution is -2.08. The molecule has 32 heavy (non-hydrogen) atoms. The minimum Gasteiger partial charge on any atom is -0.323 e. The number of benzene rings is 2. The molecule has 2 aromatic heterocycles. The van der Waals surface area contributed by atoms with Gasteiger partial charge in [-0.3, -0.25) is 4.79 Å². The fraction of sp³-hybridized carbons (Fsp3) is 0.0500. The fourth-order valence-electron chi connectivity index (χ4n) is 2.78. The molecule has 0 bridgehead atoms. The number of halogens is 6. The Kier molecular flexibility index (Phi) is 5.93. The lowest BCUT2D eigenvalue weighted by molar-refractivity contribution is -0.138. The zero-order valence-electron chi connectivity index (χ0n) is 15.6. The van der Waals surface area contributed by atoms with Crippen molar-refractivity contribution in [3.8, 4) is 11.3 Å². The molecule has 2 heterocycles. The van der Waals surface area contributed by atoms with E-state index >= 15 is 0 Å². The third-order valence-corrected chi connectivity index (χ3v) is 5.67. The molecule has 1 amide bonds. The van der Waals surface area contributed by atoms with Crippen LogP contribution in [0.4, 0.5) is 23.2 Å². The van der Waals surface area contributed by atoms with Crippen molar-refractivity contribution in [3.05, 3.63) is 75.1 Å². The van der Waals surface area contributed by atoms with E-state index in [-0.39, 0.29) is 21.4 Å². The number of hydrogen-bond acceptors (Lipinski definition) is 4. The Bertz CT molecular complexity index is 1350. The largest absolute Gasteiger partial charge is 0.445 e. The summed E-state index contributed by atoms with van der Waals surface area (Å²) < 4.78 is 53.4. The van der Waals surface area contributed by atoms with Gasteiger partial charge >= 0.3 is 6.18 Å². The molecule has 0 atom stereocenters. The highest BCUT2D eigenvalue weighted by Crippen LogP contribution is 2.37. The first-order valence-corrected chi connectivity index (χ1v) is 10.4. The van der Waals surface area contributed by atoms with Crippen molar-refractivity contribution >= 4 is 57.2 Å². The summed E-state index contributed by atoms with van der Waals surface area (Å²) in [5, 5.41) is 5.64. The van der Waals surface area contributed by atoms with Crippen LogP contribution in [0.3, 0.4) is 0 Å². The van der Waals surface area contributed by atoms with Gasteiger partial charge in [0.15, 0.2) is 0 Å². The molecule has 5 nitrogen and oxygen atoms in total. The van der Waals surface area contributed by atoms with E-state index in [4.69, 9.17) is 23.2 Å². The van der Waals surface area contributed by atoms with Crippen LogP contribution in [0.5, 0.6) is 0 Å². The SMILES string of the molecule is O=C(/C=C/c1c(-c2ccc(Cl)cc2Cl)nc2sc(C(F)(F)F)nn12)Nc1ccc(F)cc1. The van der Waals surface area contributed by atoms with Crippen molar-refractivity contribution in [1.82, 2.24) is 14.6 Å². The van der Waals surface area contributed by atoms with Crippen molar-refractivity contribution in [1.29, 1.82) is 0 Å². The molecular weight excluding hydrogens is 491 g/mol. The number of fused-ring (bicyclic) bond motifs is 1. The zero-order valence-corrected chi connectivity index (χ0v) is 18.0. The smallest absolute Gasteiger partial charge is 0.323 e. The maximum absolute atomic E-state index is 13.1. The van der Waals surface area contributed by atoms with Crippen LogP contribution in [0.2, 0.25) is 10.0 Å². The lowest BCUT2D eigenvalue weighted by atomic mass is 10.1.